The van der Waals surface area contributed by atoms with Gasteiger partial charge in [0.2, 0.25) is 10.0 Å². The zero-order chi connectivity index (χ0) is 15.5. The summed E-state index contributed by atoms with van der Waals surface area (Å²) in [6.07, 6.45) is 3.84. The van der Waals surface area contributed by atoms with Crippen molar-refractivity contribution in [3.63, 3.8) is 0 Å². The van der Waals surface area contributed by atoms with Gasteiger partial charge in [0.15, 0.2) is 0 Å². The minimum Gasteiger partial charge on any atom is -0.313 e. The minimum absolute atomic E-state index is 0.0873. The predicted molar refractivity (Wildman–Crippen MR) is 82.0 cm³/mol. The Morgan fingerprint density at radius 2 is 2.14 bits per heavy atom. The van der Waals surface area contributed by atoms with Crippen LogP contribution in [0.1, 0.15) is 30.9 Å². The van der Waals surface area contributed by atoms with E-state index in [4.69, 9.17) is 0 Å². The quantitative estimate of drug-likeness (QED) is 0.906. The molecule has 2 unspecified atom stereocenters. The van der Waals surface area contributed by atoms with E-state index in [1.165, 1.54) is 16.6 Å². The highest BCUT2D eigenvalue weighted by Gasteiger charge is 2.28. The summed E-state index contributed by atoms with van der Waals surface area (Å²) < 4.78 is 38.8. The van der Waals surface area contributed by atoms with Gasteiger partial charge in [-0.15, -0.1) is 0 Å². The minimum atomic E-state index is -3.14. The summed E-state index contributed by atoms with van der Waals surface area (Å²) in [4.78, 5) is 0. The van der Waals surface area contributed by atoms with Crippen LogP contribution in [0.5, 0.6) is 0 Å². The van der Waals surface area contributed by atoms with Crippen molar-refractivity contribution in [1.29, 1.82) is 0 Å². The average Bonchev–Trinajstić information content (AvgIpc) is 2.45. The van der Waals surface area contributed by atoms with Gasteiger partial charge in [0.1, 0.15) is 5.82 Å². The summed E-state index contributed by atoms with van der Waals surface area (Å²) in [5, 5.41) is 3.15. The van der Waals surface area contributed by atoms with Gasteiger partial charge in [-0.3, -0.25) is 0 Å². The molecule has 0 aliphatic carbocycles. The SMILES string of the molecule is CNC(CC1CCCN(S(C)(=O)=O)C1)c1ccccc1F. The number of rotatable bonds is 5. The van der Waals surface area contributed by atoms with Gasteiger partial charge in [-0.2, -0.15) is 0 Å². The Kier molecular flexibility index (Phi) is 5.35. The molecule has 6 heteroatoms. The molecule has 1 aliphatic heterocycles. The molecule has 4 nitrogen and oxygen atoms in total. The maximum atomic E-state index is 13.9. The van der Waals surface area contributed by atoms with Gasteiger partial charge in [0, 0.05) is 24.7 Å². The van der Waals surface area contributed by atoms with Crippen LogP contribution in [0, 0.1) is 11.7 Å². The zero-order valence-electron chi connectivity index (χ0n) is 12.5. The first-order valence-electron chi connectivity index (χ1n) is 7.28. The third kappa shape index (κ3) is 4.25. The number of nitrogens with one attached hydrogen (secondary N) is 1. The molecule has 0 aromatic heterocycles. The van der Waals surface area contributed by atoms with E-state index < -0.39 is 10.0 Å². The first-order valence-corrected chi connectivity index (χ1v) is 9.13. The number of hydrogen-bond acceptors (Lipinski definition) is 3. The molecule has 1 heterocycles. The number of hydrogen-bond donors (Lipinski definition) is 1. The van der Waals surface area contributed by atoms with E-state index in [1.807, 2.05) is 13.1 Å². The molecule has 2 atom stereocenters. The summed E-state index contributed by atoms with van der Waals surface area (Å²) in [6.45, 7) is 1.13. The van der Waals surface area contributed by atoms with Crippen LogP contribution in [0.3, 0.4) is 0 Å². The molecule has 2 rings (SSSR count). The molecule has 1 aliphatic rings. The van der Waals surface area contributed by atoms with Crippen LogP contribution in [-0.2, 0) is 10.0 Å². The van der Waals surface area contributed by atoms with Crippen LogP contribution in [0.4, 0.5) is 4.39 Å². The Labute approximate surface area is 126 Å². The Bertz CT molecular complexity index is 577. The van der Waals surface area contributed by atoms with Crippen LogP contribution < -0.4 is 5.32 Å². The smallest absolute Gasteiger partial charge is 0.211 e. The lowest BCUT2D eigenvalue weighted by Gasteiger charge is -2.33. The number of nitrogens with zero attached hydrogens (tertiary/aromatic N) is 1. The monoisotopic (exact) mass is 314 g/mol. The van der Waals surface area contributed by atoms with Gasteiger partial charge in [-0.05, 0) is 38.3 Å². The van der Waals surface area contributed by atoms with E-state index >= 15 is 0 Å². The van der Waals surface area contributed by atoms with Crippen molar-refractivity contribution in [2.24, 2.45) is 5.92 Å². The molecule has 1 saturated heterocycles. The van der Waals surface area contributed by atoms with Crippen molar-refractivity contribution in [3.8, 4) is 0 Å². The average molecular weight is 314 g/mol. The second-order valence-corrected chi connectivity index (χ2v) is 7.71. The third-order valence-electron chi connectivity index (χ3n) is 4.15. The molecule has 0 radical (unpaired) electrons. The Morgan fingerprint density at radius 1 is 1.43 bits per heavy atom. The summed E-state index contributed by atoms with van der Waals surface area (Å²) in [6, 6.07) is 6.66. The number of benzene rings is 1. The van der Waals surface area contributed by atoms with Crippen molar-refractivity contribution in [1.82, 2.24) is 9.62 Å². The van der Waals surface area contributed by atoms with E-state index in [0.717, 1.165) is 19.3 Å². The molecule has 1 aromatic rings. The molecular weight excluding hydrogens is 291 g/mol. The summed E-state index contributed by atoms with van der Waals surface area (Å²) in [7, 11) is -1.32. The molecule has 0 bridgehead atoms. The van der Waals surface area contributed by atoms with E-state index in [1.54, 1.807) is 12.1 Å². The number of piperidine rings is 1. The highest BCUT2D eigenvalue weighted by molar-refractivity contribution is 7.88. The Balaban J connectivity index is 2.07. The van der Waals surface area contributed by atoms with Crippen LogP contribution in [-0.4, -0.2) is 39.1 Å². The summed E-state index contributed by atoms with van der Waals surface area (Å²) >= 11 is 0. The van der Waals surface area contributed by atoms with Crippen LogP contribution >= 0.6 is 0 Å². The molecular formula is C15H23FN2O2S. The standard InChI is InChI=1S/C15H23FN2O2S/c1-17-15(13-7-3-4-8-14(13)16)10-12-6-5-9-18(11-12)21(2,19)20/h3-4,7-8,12,15,17H,5-6,9-11H2,1-2H3. The molecule has 1 fully saturated rings. The van der Waals surface area contributed by atoms with Crippen molar-refractivity contribution in [2.45, 2.75) is 25.3 Å². The normalized spacial score (nSPS) is 22.1. The van der Waals surface area contributed by atoms with Gasteiger partial charge in [0.25, 0.3) is 0 Å². The lowest BCUT2D eigenvalue weighted by molar-refractivity contribution is 0.239. The first kappa shape index (κ1) is 16.4. The van der Waals surface area contributed by atoms with E-state index in [0.29, 0.717) is 18.7 Å². The summed E-state index contributed by atoms with van der Waals surface area (Å²) in [5.74, 6) is 0.0400. The molecule has 0 spiro atoms. The van der Waals surface area contributed by atoms with Crippen LogP contribution in [0.15, 0.2) is 24.3 Å². The maximum Gasteiger partial charge on any atom is 0.211 e. The second-order valence-electron chi connectivity index (χ2n) is 5.73. The molecule has 0 saturated carbocycles. The van der Waals surface area contributed by atoms with Gasteiger partial charge in [-0.25, -0.2) is 17.1 Å². The van der Waals surface area contributed by atoms with E-state index in [9.17, 15) is 12.8 Å². The Hall–Kier alpha value is -0.980. The molecule has 21 heavy (non-hydrogen) atoms. The predicted octanol–water partition coefficient (Wildman–Crippen LogP) is 2.15. The highest BCUT2D eigenvalue weighted by Crippen LogP contribution is 2.29. The molecule has 1 aromatic carbocycles. The van der Waals surface area contributed by atoms with Gasteiger partial charge in [-0.1, -0.05) is 18.2 Å². The zero-order valence-corrected chi connectivity index (χ0v) is 13.4. The van der Waals surface area contributed by atoms with Gasteiger partial charge < -0.3 is 5.32 Å². The maximum absolute atomic E-state index is 13.9. The van der Waals surface area contributed by atoms with Crippen LogP contribution in [0.2, 0.25) is 0 Å². The fraction of sp³-hybridized carbons (Fsp3) is 0.600. The topological polar surface area (TPSA) is 49.4 Å². The van der Waals surface area contributed by atoms with Crippen LogP contribution in [0.25, 0.3) is 0 Å². The van der Waals surface area contributed by atoms with Crippen molar-refractivity contribution in [3.05, 3.63) is 35.6 Å². The van der Waals surface area contributed by atoms with Gasteiger partial charge in [0.05, 0.1) is 6.26 Å². The number of halogens is 1. The molecule has 1 N–H and O–H groups in total. The first-order chi connectivity index (χ1) is 9.91. The molecule has 0 amide bonds. The van der Waals surface area contributed by atoms with E-state index in [2.05, 4.69) is 5.32 Å². The van der Waals surface area contributed by atoms with Gasteiger partial charge >= 0.3 is 0 Å². The third-order valence-corrected chi connectivity index (χ3v) is 5.42. The van der Waals surface area contributed by atoms with Crippen molar-refractivity contribution < 1.29 is 12.8 Å². The highest BCUT2D eigenvalue weighted by atomic mass is 32.2. The number of sulfonamides is 1. The second kappa shape index (κ2) is 6.85. The van der Waals surface area contributed by atoms with Crippen molar-refractivity contribution in [2.75, 3.05) is 26.4 Å². The fourth-order valence-corrected chi connectivity index (χ4v) is 3.95. The largest absolute Gasteiger partial charge is 0.313 e. The lowest BCUT2D eigenvalue weighted by Crippen LogP contribution is -2.40. The van der Waals surface area contributed by atoms with Crippen molar-refractivity contribution >= 4 is 10.0 Å². The fourth-order valence-electron chi connectivity index (χ4n) is 3.01. The summed E-state index contributed by atoms with van der Waals surface area (Å²) in [5.41, 5.74) is 0.650. The lowest BCUT2D eigenvalue weighted by atomic mass is 9.89. The van der Waals surface area contributed by atoms with E-state index in [-0.39, 0.29) is 17.8 Å². The Morgan fingerprint density at radius 3 is 2.76 bits per heavy atom. The molecule has 118 valence electrons.